The number of carboxylic acid groups (broad SMARTS) is 1. The van der Waals surface area contributed by atoms with Crippen LogP contribution in [-0.4, -0.2) is 16.1 Å². The number of carboxylic acids is 1. The van der Waals surface area contributed by atoms with Crippen molar-refractivity contribution in [2.45, 2.75) is 12.3 Å². The fourth-order valence-corrected chi connectivity index (χ4v) is 0.830. The predicted molar refractivity (Wildman–Crippen MR) is 40.7 cm³/mol. The molecule has 1 N–H and O–H groups in total. The number of aromatic nitrogens is 1. The van der Waals surface area contributed by atoms with E-state index in [1.807, 2.05) is 0 Å². The molecule has 0 spiro atoms. The van der Waals surface area contributed by atoms with Gasteiger partial charge in [-0.05, 0) is 12.1 Å². The third-order valence-corrected chi connectivity index (χ3v) is 1.63. The summed E-state index contributed by atoms with van der Waals surface area (Å²) in [7, 11) is 0. The fraction of sp³-hybridized carbons (Fsp3) is 0.250. The zero-order valence-electron chi connectivity index (χ0n) is 7.12. The van der Waals surface area contributed by atoms with Gasteiger partial charge in [-0.3, -0.25) is 4.98 Å². The molecule has 0 bridgehead atoms. The van der Waals surface area contributed by atoms with E-state index in [1.54, 1.807) is 0 Å². The van der Waals surface area contributed by atoms with Gasteiger partial charge in [-0.1, -0.05) is 0 Å². The van der Waals surface area contributed by atoms with Gasteiger partial charge in [0.25, 0.3) is 6.43 Å². The maximum atomic E-state index is 12.8. The number of alkyl halides is 4. The predicted octanol–water partition coefficient (Wildman–Crippen LogP) is 2.20. The zero-order chi connectivity index (χ0) is 11.6. The number of nitrogens with zero attached hydrogens (tertiary/aromatic N) is 1. The highest BCUT2D eigenvalue weighted by Gasteiger charge is 2.42. The van der Waals surface area contributed by atoms with Gasteiger partial charge in [0.05, 0.1) is 0 Å². The SMILES string of the molecule is O=C(O)C(F)(F)c1ccc(C(F)F)cn1. The van der Waals surface area contributed by atoms with Crippen LogP contribution in [0.5, 0.6) is 0 Å². The van der Waals surface area contributed by atoms with Crippen molar-refractivity contribution in [1.29, 1.82) is 0 Å². The summed E-state index contributed by atoms with van der Waals surface area (Å²) in [5.41, 5.74) is -1.61. The van der Waals surface area contributed by atoms with Crippen LogP contribution in [0.15, 0.2) is 18.3 Å². The number of rotatable bonds is 3. The summed E-state index contributed by atoms with van der Waals surface area (Å²) >= 11 is 0. The van der Waals surface area contributed by atoms with Crippen molar-refractivity contribution < 1.29 is 27.5 Å². The molecule has 0 atom stereocenters. The van der Waals surface area contributed by atoms with Crippen LogP contribution in [0.2, 0.25) is 0 Å². The monoisotopic (exact) mass is 223 g/mol. The minimum atomic E-state index is -4.17. The molecule has 0 radical (unpaired) electrons. The third-order valence-electron chi connectivity index (χ3n) is 1.63. The first-order chi connectivity index (χ1) is 6.85. The van der Waals surface area contributed by atoms with Crippen molar-refractivity contribution >= 4 is 5.97 Å². The van der Waals surface area contributed by atoms with Crippen LogP contribution in [0.3, 0.4) is 0 Å². The van der Waals surface area contributed by atoms with Crippen molar-refractivity contribution in [3.8, 4) is 0 Å². The zero-order valence-corrected chi connectivity index (χ0v) is 7.12. The molecule has 0 aliphatic rings. The van der Waals surface area contributed by atoms with Gasteiger partial charge in [0, 0.05) is 11.8 Å². The lowest BCUT2D eigenvalue weighted by atomic mass is 10.2. The highest BCUT2D eigenvalue weighted by molar-refractivity contribution is 5.76. The number of pyridine rings is 1. The molecule has 0 aliphatic carbocycles. The Morgan fingerprint density at radius 3 is 2.33 bits per heavy atom. The van der Waals surface area contributed by atoms with E-state index in [0.717, 1.165) is 0 Å². The molecule has 0 aromatic carbocycles. The normalized spacial score (nSPS) is 11.8. The number of carbonyl (C=O) groups is 1. The second kappa shape index (κ2) is 3.84. The van der Waals surface area contributed by atoms with E-state index in [1.165, 1.54) is 0 Å². The van der Waals surface area contributed by atoms with Crippen LogP contribution in [-0.2, 0) is 10.7 Å². The maximum Gasteiger partial charge on any atom is 0.384 e. The van der Waals surface area contributed by atoms with Gasteiger partial charge in [0.1, 0.15) is 5.69 Å². The van der Waals surface area contributed by atoms with Crippen LogP contribution in [0.4, 0.5) is 17.6 Å². The Morgan fingerprint density at radius 2 is 2.00 bits per heavy atom. The minimum absolute atomic E-state index is 0.525. The summed E-state index contributed by atoms with van der Waals surface area (Å²) < 4.78 is 49.5. The fourth-order valence-electron chi connectivity index (χ4n) is 0.830. The Morgan fingerprint density at radius 1 is 1.40 bits per heavy atom. The van der Waals surface area contributed by atoms with Gasteiger partial charge in [0.15, 0.2) is 0 Å². The molecule has 1 aromatic heterocycles. The van der Waals surface area contributed by atoms with Gasteiger partial charge < -0.3 is 5.11 Å². The standard InChI is InChI=1S/C8H5F4NO2/c9-6(10)4-1-2-5(13-3-4)8(11,12)7(14)15/h1-3,6H,(H,14,15). The third kappa shape index (κ3) is 2.23. The smallest absolute Gasteiger partial charge is 0.384 e. The first-order valence-electron chi connectivity index (χ1n) is 3.71. The molecule has 0 saturated carbocycles. The van der Waals surface area contributed by atoms with Crippen molar-refractivity contribution in [2.24, 2.45) is 0 Å². The Labute approximate surface area is 81.4 Å². The molecule has 0 amide bonds. The Kier molecular flexibility index (Phi) is 2.92. The van der Waals surface area contributed by atoms with E-state index in [2.05, 4.69) is 4.98 Å². The first-order valence-corrected chi connectivity index (χ1v) is 3.71. The molecule has 7 heteroatoms. The average Bonchev–Trinajstić information content (AvgIpc) is 2.17. The molecule has 15 heavy (non-hydrogen) atoms. The van der Waals surface area contributed by atoms with E-state index >= 15 is 0 Å². The van der Waals surface area contributed by atoms with E-state index in [4.69, 9.17) is 5.11 Å². The van der Waals surface area contributed by atoms with Crippen molar-refractivity contribution in [1.82, 2.24) is 4.98 Å². The summed E-state index contributed by atoms with van der Waals surface area (Å²) in [6.07, 6.45) is -2.30. The number of hydrogen-bond acceptors (Lipinski definition) is 2. The van der Waals surface area contributed by atoms with Crippen LogP contribution in [0.1, 0.15) is 17.7 Å². The van der Waals surface area contributed by atoms with Gasteiger partial charge in [-0.2, -0.15) is 8.78 Å². The minimum Gasteiger partial charge on any atom is -0.476 e. The topological polar surface area (TPSA) is 50.2 Å². The average molecular weight is 223 g/mol. The number of aliphatic carboxylic acids is 1. The summed E-state index contributed by atoms with van der Waals surface area (Å²) in [4.78, 5) is 13.1. The molecule has 82 valence electrons. The van der Waals surface area contributed by atoms with Crippen LogP contribution in [0, 0.1) is 0 Å². The highest BCUT2D eigenvalue weighted by atomic mass is 19.3. The molecule has 0 saturated heterocycles. The summed E-state index contributed by atoms with van der Waals surface area (Å²) in [6, 6.07) is 1.28. The van der Waals surface area contributed by atoms with E-state index in [9.17, 15) is 22.4 Å². The highest BCUT2D eigenvalue weighted by Crippen LogP contribution is 2.27. The second-order valence-corrected chi connectivity index (χ2v) is 2.66. The molecule has 0 unspecified atom stereocenters. The van der Waals surface area contributed by atoms with Gasteiger partial charge in [-0.25, -0.2) is 13.6 Å². The van der Waals surface area contributed by atoms with Crippen molar-refractivity contribution in [2.75, 3.05) is 0 Å². The van der Waals surface area contributed by atoms with E-state index in [-0.39, 0.29) is 0 Å². The molecule has 3 nitrogen and oxygen atoms in total. The Balaban J connectivity index is 3.04. The lowest BCUT2D eigenvalue weighted by Crippen LogP contribution is -2.26. The van der Waals surface area contributed by atoms with E-state index in [0.29, 0.717) is 18.3 Å². The second-order valence-electron chi connectivity index (χ2n) is 2.66. The molecule has 1 aromatic rings. The molecule has 1 heterocycles. The largest absolute Gasteiger partial charge is 0.476 e. The lowest BCUT2D eigenvalue weighted by Gasteiger charge is -2.10. The quantitative estimate of drug-likeness (QED) is 0.799. The maximum absolute atomic E-state index is 12.8. The Hall–Kier alpha value is -1.66. The number of halogens is 4. The van der Waals surface area contributed by atoms with E-state index < -0.39 is 29.6 Å². The molecule has 1 rings (SSSR count). The Bertz CT molecular complexity index is 363. The van der Waals surface area contributed by atoms with Gasteiger partial charge in [0.2, 0.25) is 0 Å². The van der Waals surface area contributed by atoms with Crippen LogP contribution in [0.25, 0.3) is 0 Å². The van der Waals surface area contributed by atoms with Crippen molar-refractivity contribution in [3.05, 3.63) is 29.6 Å². The van der Waals surface area contributed by atoms with Crippen LogP contribution >= 0.6 is 0 Å². The van der Waals surface area contributed by atoms with Crippen molar-refractivity contribution in [3.63, 3.8) is 0 Å². The summed E-state index contributed by atoms with van der Waals surface area (Å²) in [5.74, 6) is -6.54. The lowest BCUT2D eigenvalue weighted by molar-refractivity contribution is -0.166. The van der Waals surface area contributed by atoms with Gasteiger partial charge >= 0.3 is 11.9 Å². The molecule has 0 aliphatic heterocycles. The van der Waals surface area contributed by atoms with Gasteiger partial charge in [-0.15, -0.1) is 0 Å². The summed E-state index contributed by atoms with van der Waals surface area (Å²) in [6.45, 7) is 0. The molecular weight excluding hydrogens is 218 g/mol. The number of hydrogen-bond donors (Lipinski definition) is 1. The van der Waals surface area contributed by atoms with Crippen LogP contribution < -0.4 is 0 Å². The molecular formula is C8H5F4NO2. The molecule has 0 fully saturated rings. The summed E-state index contributed by atoms with van der Waals surface area (Å²) in [5, 5.41) is 8.14. The first kappa shape index (κ1) is 11.4.